The van der Waals surface area contributed by atoms with Crippen LogP contribution in [0.25, 0.3) is 0 Å². The minimum absolute atomic E-state index is 0.123. The Balaban J connectivity index is 1.56. The van der Waals surface area contributed by atoms with Crippen LogP contribution in [0.1, 0.15) is 45.5 Å². The van der Waals surface area contributed by atoms with E-state index in [-0.39, 0.29) is 23.1 Å². The Morgan fingerprint density at radius 1 is 1.25 bits per heavy atom. The highest BCUT2D eigenvalue weighted by Crippen LogP contribution is 2.61. The number of rotatable bonds is 6. The maximum Gasteiger partial charge on any atom is 0.327 e. The first-order valence-electron chi connectivity index (χ1n) is 10.5. The lowest BCUT2D eigenvalue weighted by Gasteiger charge is -2.15. The fourth-order valence-electron chi connectivity index (χ4n) is 4.71. The molecule has 3 N–H and O–H groups in total. The molecule has 2 aliphatic rings. The van der Waals surface area contributed by atoms with Crippen LogP contribution in [0.15, 0.2) is 48.6 Å². The van der Waals surface area contributed by atoms with Crippen LogP contribution in [0.2, 0.25) is 0 Å². The molecular formula is C25H23N3O4. The van der Waals surface area contributed by atoms with Crippen LogP contribution in [-0.2, 0) is 27.8 Å². The molecule has 0 saturated heterocycles. The number of carboxylic acid groups (broad SMARTS) is 1. The summed E-state index contributed by atoms with van der Waals surface area (Å²) >= 11 is 0. The molecule has 0 aliphatic heterocycles. The molecule has 4 rings (SSSR count). The highest BCUT2D eigenvalue weighted by molar-refractivity contribution is 5.98. The maximum absolute atomic E-state index is 13.2. The Bertz CT molecular complexity index is 1190. The highest BCUT2D eigenvalue weighted by atomic mass is 16.4. The van der Waals surface area contributed by atoms with Gasteiger partial charge in [-0.2, -0.15) is 5.26 Å². The number of aryl methyl sites for hydroxylation is 1. The monoisotopic (exact) mass is 429 g/mol. The van der Waals surface area contributed by atoms with Gasteiger partial charge in [-0.25, -0.2) is 4.79 Å². The standard InChI is InChI=1S/C25H23N3O4/c1-27-23(31)18-8-7-16-9-10-25(19(16)12-18)13-20(25)24(32)28-21-11-15(14-26)5-6-17(21)3-2-4-22(29)30/h2,4-8,11-12,20H,3,9-10,13H2,1H3,(H,27,31)(H,28,32)(H,29,30)/t20-,25-/m0/s1. The molecule has 32 heavy (non-hydrogen) atoms. The third kappa shape index (κ3) is 3.87. The predicted octanol–water partition coefficient (Wildman–Crippen LogP) is 2.94. The zero-order valence-electron chi connectivity index (χ0n) is 17.6. The number of carboxylic acids is 1. The van der Waals surface area contributed by atoms with Gasteiger partial charge in [0, 0.05) is 35.7 Å². The molecule has 0 bridgehead atoms. The number of amides is 2. The molecule has 2 amide bonds. The van der Waals surface area contributed by atoms with Crippen LogP contribution >= 0.6 is 0 Å². The van der Waals surface area contributed by atoms with E-state index in [4.69, 9.17) is 5.11 Å². The van der Waals surface area contributed by atoms with Crippen molar-refractivity contribution in [3.63, 3.8) is 0 Å². The van der Waals surface area contributed by atoms with E-state index in [1.165, 1.54) is 11.6 Å². The van der Waals surface area contributed by atoms with E-state index in [2.05, 4.69) is 16.7 Å². The van der Waals surface area contributed by atoms with E-state index >= 15 is 0 Å². The molecular weight excluding hydrogens is 406 g/mol. The van der Waals surface area contributed by atoms with Crippen molar-refractivity contribution < 1.29 is 19.5 Å². The molecule has 0 heterocycles. The molecule has 7 heteroatoms. The first-order chi connectivity index (χ1) is 15.4. The van der Waals surface area contributed by atoms with Crippen molar-refractivity contribution in [2.24, 2.45) is 5.92 Å². The zero-order valence-corrected chi connectivity index (χ0v) is 17.6. The Hall–Kier alpha value is -3.92. The summed E-state index contributed by atoms with van der Waals surface area (Å²) in [6, 6.07) is 12.8. The second-order valence-electron chi connectivity index (χ2n) is 8.28. The number of hydrogen-bond acceptors (Lipinski definition) is 4. The Kier molecular flexibility index (Phi) is 5.54. The molecule has 162 valence electrons. The van der Waals surface area contributed by atoms with E-state index in [1.54, 1.807) is 25.2 Å². The number of aliphatic carboxylic acids is 1. The average molecular weight is 429 g/mol. The van der Waals surface area contributed by atoms with Crippen molar-refractivity contribution in [1.82, 2.24) is 5.32 Å². The lowest BCUT2D eigenvalue weighted by atomic mass is 9.93. The maximum atomic E-state index is 13.2. The number of allylic oxidation sites excluding steroid dienone is 1. The number of nitrogens with zero attached hydrogens (tertiary/aromatic N) is 1. The van der Waals surface area contributed by atoms with E-state index in [1.807, 2.05) is 18.2 Å². The smallest absolute Gasteiger partial charge is 0.327 e. The first kappa shape index (κ1) is 21.3. The molecule has 2 aliphatic carbocycles. The summed E-state index contributed by atoms with van der Waals surface area (Å²) in [7, 11) is 1.59. The topological polar surface area (TPSA) is 119 Å². The van der Waals surface area contributed by atoms with Gasteiger partial charge in [-0.05, 0) is 66.6 Å². The number of anilines is 1. The average Bonchev–Trinajstić information content (AvgIpc) is 3.42. The van der Waals surface area contributed by atoms with Crippen molar-refractivity contribution in [2.45, 2.75) is 31.1 Å². The number of hydrogen-bond donors (Lipinski definition) is 3. The number of carbonyl (C=O) groups is 3. The van der Waals surface area contributed by atoms with Crippen LogP contribution in [-0.4, -0.2) is 29.9 Å². The molecule has 1 saturated carbocycles. The quantitative estimate of drug-likeness (QED) is 0.610. The lowest BCUT2D eigenvalue weighted by molar-refractivity contribution is -0.131. The largest absolute Gasteiger partial charge is 0.478 e. The van der Waals surface area contributed by atoms with Crippen LogP contribution in [0, 0.1) is 17.2 Å². The molecule has 7 nitrogen and oxygen atoms in total. The van der Waals surface area contributed by atoms with E-state index in [9.17, 15) is 19.6 Å². The van der Waals surface area contributed by atoms with Gasteiger partial charge in [0.15, 0.2) is 0 Å². The number of carbonyl (C=O) groups excluding carboxylic acids is 2. The van der Waals surface area contributed by atoms with Crippen LogP contribution in [0.3, 0.4) is 0 Å². The van der Waals surface area contributed by atoms with Crippen molar-refractivity contribution in [3.05, 3.63) is 76.4 Å². The highest BCUT2D eigenvalue weighted by Gasteiger charge is 2.61. The van der Waals surface area contributed by atoms with Gasteiger partial charge in [0.1, 0.15) is 0 Å². The van der Waals surface area contributed by atoms with Gasteiger partial charge in [0.25, 0.3) is 5.91 Å². The molecule has 0 aromatic heterocycles. The van der Waals surface area contributed by atoms with Crippen LogP contribution in [0.5, 0.6) is 0 Å². The molecule has 0 radical (unpaired) electrons. The lowest BCUT2D eigenvalue weighted by Crippen LogP contribution is -2.21. The normalized spacial score (nSPS) is 20.6. The molecule has 1 spiro atoms. The summed E-state index contributed by atoms with van der Waals surface area (Å²) in [6.45, 7) is 0. The SMILES string of the molecule is CNC(=O)c1ccc2c(c1)[C@]1(CC2)C[C@H]1C(=O)Nc1cc(C#N)ccc1CC=CC(=O)O. The zero-order chi connectivity index (χ0) is 22.9. The van der Waals surface area contributed by atoms with Gasteiger partial charge in [-0.1, -0.05) is 18.2 Å². The minimum atomic E-state index is -1.04. The van der Waals surface area contributed by atoms with Crippen molar-refractivity contribution in [2.75, 3.05) is 12.4 Å². The molecule has 2 aromatic rings. The van der Waals surface area contributed by atoms with Crippen molar-refractivity contribution >= 4 is 23.5 Å². The van der Waals surface area contributed by atoms with Crippen LogP contribution in [0.4, 0.5) is 5.69 Å². The van der Waals surface area contributed by atoms with Crippen LogP contribution < -0.4 is 10.6 Å². The van der Waals surface area contributed by atoms with E-state index < -0.39 is 5.97 Å². The fraction of sp³-hybridized carbons (Fsp3) is 0.280. The van der Waals surface area contributed by atoms with Gasteiger partial charge in [-0.3, -0.25) is 9.59 Å². The molecule has 2 atom stereocenters. The Labute approximate surface area is 185 Å². The summed E-state index contributed by atoms with van der Waals surface area (Å²) in [5.41, 5.74) is 4.26. The summed E-state index contributed by atoms with van der Waals surface area (Å²) in [6.07, 6.45) is 5.34. The van der Waals surface area contributed by atoms with Crippen molar-refractivity contribution in [3.8, 4) is 6.07 Å². The summed E-state index contributed by atoms with van der Waals surface area (Å²) in [5, 5.41) is 23.7. The summed E-state index contributed by atoms with van der Waals surface area (Å²) < 4.78 is 0. The first-order valence-corrected chi connectivity index (χ1v) is 10.5. The van der Waals surface area contributed by atoms with Gasteiger partial charge in [0.2, 0.25) is 5.91 Å². The molecule has 1 fully saturated rings. The van der Waals surface area contributed by atoms with E-state index in [0.29, 0.717) is 23.2 Å². The third-order valence-corrected chi connectivity index (χ3v) is 6.46. The number of nitrogens with one attached hydrogen (secondary N) is 2. The number of benzene rings is 2. The second-order valence-corrected chi connectivity index (χ2v) is 8.28. The van der Waals surface area contributed by atoms with Crippen molar-refractivity contribution in [1.29, 1.82) is 5.26 Å². The molecule has 0 unspecified atom stereocenters. The van der Waals surface area contributed by atoms with E-state index in [0.717, 1.165) is 36.5 Å². The Morgan fingerprint density at radius 2 is 2.06 bits per heavy atom. The van der Waals surface area contributed by atoms with Gasteiger partial charge in [0.05, 0.1) is 11.6 Å². The fourth-order valence-corrected chi connectivity index (χ4v) is 4.71. The second kappa shape index (κ2) is 8.31. The third-order valence-electron chi connectivity index (χ3n) is 6.46. The van der Waals surface area contributed by atoms with Gasteiger partial charge in [-0.15, -0.1) is 0 Å². The Morgan fingerprint density at radius 3 is 2.78 bits per heavy atom. The minimum Gasteiger partial charge on any atom is -0.478 e. The number of fused-ring (bicyclic) bond motifs is 2. The predicted molar refractivity (Wildman–Crippen MR) is 118 cm³/mol. The number of nitriles is 1. The summed E-state index contributed by atoms with van der Waals surface area (Å²) in [5.74, 6) is -1.53. The summed E-state index contributed by atoms with van der Waals surface area (Å²) in [4.78, 5) is 36.0. The van der Waals surface area contributed by atoms with Gasteiger partial charge < -0.3 is 15.7 Å². The van der Waals surface area contributed by atoms with Gasteiger partial charge >= 0.3 is 5.97 Å². The molecule has 2 aromatic carbocycles.